The van der Waals surface area contributed by atoms with Crippen LogP contribution in [0, 0.1) is 5.41 Å². The van der Waals surface area contributed by atoms with Gasteiger partial charge in [-0.05, 0) is 24.7 Å². The van der Waals surface area contributed by atoms with Crippen molar-refractivity contribution in [3.63, 3.8) is 0 Å². The Hall–Kier alpha value is -0.340. The SMILES string of the molecule is C=C1CN2CC(OC)C[C@]2(CC(C)(C)C)C1. The highest BCUT2D eigenvalue weighted by Crippen LogP contribution is 2.47. The van der Waals surface area contributed by atoms with Crippen LogP contribution in [-0.4, -0.2) is 36.7 Å². The zero-order valence-corrected chi connectivity index (χ0v) is 11.2. The van der Waals surface area contributed by atoms with Crippen LogP contribution >= 0.6 is 0 Å². The summed E-state index contributed by atoms with van der Waals surface area (Å²) < 4.78 is 5.55. The van der Waals surface area contributed by atoms with E-state index >= 15 is 0 Å². The number of nitrogens with zero attached hydrogens (tertiary/aromatic N) is 1. The molecule has 1 unspecified atom stereocenters. The molecule has 2 rings (SSSR count). The molecule has 0 N–H and O–H groups in total. The standard InChI is InChI=1S/C14H25NO/c1-11-6-14(10-13(2,3)4)7-12(16-5)9-15(14)8-11/h12H,1,6-10H2,2-5H3/t12?,14-/m0/s1. The van der Waals surface area contributed by atoms with Crippen molar-refractivity contribution in [2.45, 2.75) is 51.7 Å². The molecule has 2 aliphatic heterocycles. The van der Waals surface area contributed by atoms with Gasteiger partial charge in [0.05, 0.1) is 6.10 Å². The molecule has 2 aliphatic rings. The summed E-state index contributed by atoms with van der Waals surface area (Å²) in [5.74, 6) is 0. The quantitative estimate of drug-likeness (QED) is 0.667. The molecule has 2 fully saturated rings. The Labute approximate surface area is 99.7 Å². The second-order valence-electron chi connectivity index (χ2n) is 6.83. The minimum Gasteiger partial charge on any atom is -0.380 e. The van der Waals surface area contributed by atoms with Gasteiger partial charge in [-0.15, -0.1) is 0 Å². The number of fused-ring (bicyclic) bond motifs is 1. The van der Waals surface area contributed by atoms with Gasteiger partial charge in [0.1, 0.15) is 0 Å². The summed E-state index contributed by atoms with van der Waals surface area (Å²) in [6.45, 7) is 13.4. The highest BCUT2D eigenvalue weighted by molar-refractivity contribution is 5.19. The summed E-state index contributed by atoms with van der Waals surface area (Å²) in [4.78, 5) is 2.61. The van der Waals surface area contributed by atoms with Gasteiger partial charge in [-0.25, -0.2) is 0 Å². The molecule has 0 aliphatic carbocycles. The van der Waals surface area contributed by atoms with Crippen LogP contribution < -0.4 is 0 Å². The summed E-state index contributed by atoms with van der Waals surface area (Å²) in [5.41, 5.74) is 2.13. The second-order valence-corrected chi connectivity index (χ2v) is 6.83. The Kier molecular flexibility index (Phi) is 2.92. The number of methoxy groups -OCH3 is 1. The third kappa shape index (κ3) is 2.18. The Morgan fingerprint density at radius 3 is 2.75 bits per heavy atom. The fraction of sp³-hybridized carbons (Fsp3) is 0.857. The van der Waals surface area contributed by atoms with E-state index in [1.54, 1.807) is 0 Å². The predicted molar refractivity (Wildman–Crippen MR) is 67.5 cm³/mol. The van der Waals surface area contributed by atoms with Crippen molar-refractivity contribution in [1.29, 1.82) is 0 Å². The average molecular weight is 223 g/mol. The van der Waals surface area contributed by atoms with Crippen LogP contribution in [0.1, 0.15) is 40.0 Å². The van der Waals surface area contributed by atoms with Crippen LogP contribution in [0.4, 0.5) is 0 Å². The molecule has 2 heterocycles. The molecule has 0 aromatic carbocycles. The normalized spacial score (nSPS) is 35.8. The smallest absolute Gasteiger partial charge is 0.0716 e. The number of hydrogen-bond acceptors (Lipinski definition) is 2. The van der Waals surface area contributed by atoms with Crippen LogP contribution in [0.2, 0.25) is 0 Å². The molecule has 0 aromatic rings. The highest BCUT2D eigenvalue weighted by atomic mass is 16.5. The molecule has 0 bridgehead atoms. The van der Waals surface area contributed by atoms with Crippen molar-refractivity contribution in [1.82, 2.24) is 4.90 Å². The molecule has 16 heavy (non-hydrogen) atoms. The first-order valence-corrected chi connectivity index (χ1v) is 6.29. The minimum absolute atomic E-state index is 0.343. The van der Waals surface area contributed by atoms with Crippen LogP contribution in [0.15, 0.2) is 12.2 Å². The molecule has 2 heteroatoms. The zero-order chi connectivity index (χ0) is 12.0. The molecule has 0 aromatic heterocycles. The van der Waals surface area contributed by atoms with E-state index in [0.717, 1.165) is 13.1 Å². The number of rotatable bonds is 2. The van der Waals surface area contributed by atoms with Gasteiger partial charge in [0.2, 0.25) is 0 Å². The van der Waals surface area contributed by atoms with Crippen molar-refractivity contribution in [2.24, 2.45) is 5.41 Å². The van der Waals surface area contributed by atoms with Gasteiger partial charge in [-0.3, -0.25) is 4.90 Å². The van der Waals surface area contributed by atoms with Crippen molar-refractivity contribution in [3.05, 3.63) is 12.2 Å². The molecule has 0 amide bonds. The fourth-order valence-electron chi connectivity index (χ4n) is 3.66. The van der Waals surface area contributed by atoms with Gasteiger partial charge >= 0.3 is 0 Å². The molecule has 2 saturated heterocycles. The topological polar surface area (TPSA) is 12.5 Å². The van der Waals surface area contributed by atoms with Crippen LogP contribution in [0.5, 0.6) is 0 Å². The third-order valence-corrected chi connectivity index (χ3v) is 3.89. The van der Waals surface area contributed by atoms with E-state index in [1.165, 1.54) is 24.8 Å². The lowest BCUT2D eigenvalue weighted by atomic mass is 9.77. The highest BCUT2D eigenvalue weighted by Gasteiger charge is 2.50. The first kappa shape index (κ1) is 12.1. The number of ether oxygens (including phenoxy) is 1. The van der Waals surface area contributed by atoms with E-state index in [0.29, 0.717) is 17.1 Å². The van der Waals surface area contributed by atoms with Gasteiger partial charge in [0.15, 0.2) is 0 Å². The van der Waals surface area contributed by atoms with Crippen molar-refractivity contribution < 1.29 is 4.74 Å². The lowest BCUT2D eigenvalue weighted by molar-refractivity contribution is 0.107. The molecule has 2 atom stereocenters. The van der Waals surface area contributed by atoms with Gasteiger partial charge in [-0.1, -0.05) is 32.9 Å². The zero-order valence-electron chi connectivity index (χ0n) is 11.2. The van der Waals surface area contributed by atoms with E-state index in [2.05, 4.69) is 32.3 Å². The Morgan fingerprint density at radius 1 is 1.50 bits per heavy atom. The molecule has 0 saturated carbocycles. The van der Waals surface area contributed by atoms with Crippen molar-refractivity contribution >= 4 is 0 Å². The van der Waals surface area contributed by atoms with Gasteiger partial charge < -0.3 is 4.74 Å². The molecule has 2 nitrogen and oxygen atoms in total. The molecule has 92 valence electrons. The maximum absolute atomic E-state index is 5.55. The van der Waals surface area contributed by atoms with E-state index in [-0.39, 0.29) is 0 Å². The maximum Gasteiger partial charge on any atom is 0.0716 e. The Morgan fingerprint density at radius 2 is 2.19 bits per heavy atom. The van der Waals surface area contributed by atoms with E-state index in [4.69, 9.17) is 4.74 Å². The summed E-state index contributed by atoms with van der Waals surface area (Å²) in [6.07, 6.45) is 4.03. The summed E-state index contributed by atoms with van der Waals surface area (Å²) in [5, 5.41) is 0. The van der Waals surface area contributed by atoms with E-state index < -0.39 is 0 Å². The molecule has 0 spiro atoms. The summed E-state index contributed by atoms with van der Waals surface area (Å²) in [6, 6.07) is 0. The lowest BCUT2D eigenvalue weighted by Gasteiger charge is -2.37. The largest absolute Gasteiger partial charge is 0.380 e. The first-order valence-electron chi connectivity index (χ1n) is 6.29. The second kappa shape index (κ2) is 3.85. The Balaban J connectivity index is 2.17. The van der Waals surface area contributed by atoms with Crippen molar-refractivity contribution in [3.8, 4) is 0 Å². The van der Waals surface area contributed by atoms with Crippen LogP contribution in [-0.2, 0) is 4.74 Å². The van der Waals surface area contributed by atoms with Crippen LogP contribution in [0.3, 0.4) is 0 Å². The molecule has 0 radical (unpaired) electrons. The molecular formula is C14H25NO. The molecular weight excluding hydrogens is 198 g/mol. The monoisotopic (exact) mass is 223 g/mol. The van der Waals surface area contributed by atoms with E-state index in [9.17, 15) is 0 Å². The van der Waals surface area contributed by atoms with Gasteiger partial charge in [0.25, 0.3) is 0 Å². The van der Waals surface area contributed by atoms with Crippen LogP contribution in [0.25, 0.3) is 0 Å². The maximum atomic E-state index is 5.55. The van der Waals surface area contributed by atoms with E-state index in [1.807, 2.05) is 7.11 Å². The number of hydrogen-bond donors (Lipinski definition) is 0. The van der Waals surface area contributed by atoms with Gasteiger partial charge in [0, 0.05) is 25.7 Å². The predicted octanol–water partition coefficient (Wildman–Crippen LogP) is 2.84. The third-order valence-electron chi connectivity index (χ3n) is 3.89. The lowest BCUT2D eigenvalue weighted by Crippen LogP contribution is -2.41. The Bertz CT molecular complexity index is 292. The fourth-order valence-corrected chi connectivity index (χ4v) is 3.66. The minimum atomic E-state index is 0.343. The summed E-state index contributed by atoms with van der Waals surface area (Å²) >= 11 is 0. The average Bonchev–Trinajstić information content (AvgIpc) is 2.52. The van der Waals surface area contributed by atoms with Crippen molar-refractivity contribution in [2.75, 3.05) is 20.2 Å². The first-order chi connectivity index (χ1) is 7.35. The summed E-state index contributed by atoms with van der Waals surface area (Å²) in [7, 11) is 1.84. The van der Waals surface area contributed by atoms with Gasteiger partial charge in [-0.2, -0.15) is 0 Å².